The normalized spacial score (nSPS) is 21.8. The summed E-state index contributed by atoms with van der Waals surface area (Å²) >= 11 is 0. The van der Waals surface area contributed by atoms with Gasteiger partial charge < -0.3 is 18.6 Å². The van der Waals surface area contributed by atoms with Crippen LogP contribution in [0.15, 0.2) is 16.9 Å². The van der Waals surface area contributed by atoms with Gasteiger partial charge in [-0.3, -0.25) is 4.79 Å². The number of rotatable bonds is 4. The molecule has 2 aromatic heterocycles. The molecule has 2 saturated heterocycles. The molecular weight excluding hydrogens is 322 g/mol. The van der Waals surface area contributed by atoms with Crippen LogP contribution in [0.4, 0.5) is 0 Å². The molecule has 4 rings (SSSR count). The SMILES string of the molecule is Cn1cnc(C(=O)N2CCC(Cc3nnc(C4CCOCC4)o3)C2)c1. The summed E-state index contributed by atoms with van der Waals surface area (Å²) in [7, 11) is 1.86. The zero-order valence-electron chi connectivity index (χ0n) is 14.4. The molecule has 2 aliphatic heterocycles. The van der Waals surface area contributed by atoms with Crippen molar-refractivity contribution in [1.29, 1.82) is 0 Å². The van der Waals surface area contributed by atoms with Crippen molar-refractivity contribution >= 4 is 5.91 Å². The predicted molar refractivity (Wildman–Crippen MR) is 88.0 cm³/mol. The minimum atomic E-state index is -0.00322. The second-order valence-corrected chi connectivity index (χ2v) is 6.96. The molecular formula is C17H23N5O3. The monoisotopic (exact) mass is 345 g/mol. The molecule has 0 N–H and O–H groups in total. The average molecular weight is 345 g/mol. The first kappa shape index (κ1) is 16.3. The Morgan fingerprint density at radius 2 is 2.12 bits per heavy atom. The first-order valence-electron chi connectivity index (χ1n) is 8.86. The lowest BCUT2D eigenvalue weighted by molar-refractivity contribution is 0.0780. The van der Waals surface area contributed by atoms with E-state index in [1.807, 2.05) is 11.9 Å². The minimum absolute atomic E-state index is 0.00322. The van der Waals surface area contributed by atoms with E-state index < -0.39 is 0 Å². The van der Waals surface area contributed by atoms with Gasteiger partial charge >= 0.3 is 0 Å². The molecule has 1 amide bonds. The van der Waals surface area contributed by atoms with Crippen molar-refractivity contribution in [3.8, 4) is 0 Å². The Morgan fingerprint density at radius 1 is 1.28 bits per heavy atom. The summed E-state index contributed by atoms with van der Waals surface area (Å²) in [4.78, 5) is 18.5. The van der Waals surface area contributed by atoms with E-state index in [4.69, 9.17) is 9.15 Å². The van der Waals surface area contributed by atoms with Crippen LogP contribution in [0.25, 0.3) is 0 Å². The second kappa shape index (κ2) is 6.95. The van der Waals surface area contributed by atoms with Gasteiger partial charge in [0.1, 0.15) is 5.69 Å². The van der Waals surface area contributed by atoms with Gasteiger partial charge in [-0.25, -0.2) is 4.98 Å². The molecule has 0 aromatic carbocycles. The highest BCUT2D eigenvalue weighted by Gasteiger charge is 2.30. The van der Waals surface area contributed by atoms with Crippen molar-refractivity contribution in [1.82, 2.24) is 24.6 Å². The third kappa shape index (κ3) is 3.58. The molecule has 0 radical (unpaired) electrons. The quantitative estimate of drug-likeness (QED) is 0.832. The van der Waals surface area contributed by atoms with Gasteiger partial charge in [-0.1, -0.05) is 0 Å². The van der Waals surface area contributed by atoms with Crippen molar-refractivity contribution in [3.63, 3.8) is 0 Å². The Morgan fingerprint density at radius 3 is 2.88 bits per heavy atom. The largest absolute Gasteiger partial charge is 0.425 e. The van der Waals surface area contributed by atoms with Gasteiger partial charge in [0, 0.05) is 51.9 Å². The van der Waals surface area contributed by atoms with Crippen molar-refractivity contribution in [2.24, 2.45) is 13.0 Å². The molecule has 1 atom stereocenters. The van der Waals surface area contributed by atoms with Crippen molar-refractivity contribution in [2.45, 2.75) is 31.6 Å². The molecule has 1 unspecified atom stereocenters. The fourth-order valence-electron chi connectivity index (χ4n) is 3.57. The highest BCUT2D eigenvalue weighted by Crippen LogP contribution is 2.27. The van der Waals surface area contributed by atoms with Crippen LogP contribution >= 0.6 is 0 Å². The van der Waals surface area contributed by atoms with Crippen LogP contribution in [0.3, 0.4) is 0 Å². The Hall–Kier alpha value is -2.22. The number of amides is 1. The molecule has 2 aromatic rings. The molecule has 25 heavy (non-hydrogen) atoms. The minimum Gasteiger partial charge on any atom is -0.425 e. The number of imidazole rings is 1. The number of hydrogen-bond acceptors (Lipinski definition) is 6. The fraction of sp³-hybridized carbons (Fsp3) is 0.647. The first-order chi connectivity index (χ1) is 12.2. The Labute approximate surface area is 146 Å². The van der Waals surface area contributed by atoms with Gasteiger partial charge in [-0.2, -0.15) is 0 Å². The standard InChI is InChI=1S/C17H23N5O3/c1-21-10-14(18-11-21)17(23)22-5-2-12(9-22)8-15-19-20-16(25-15)13-3-6-24-7-4-13/h10-13H,2-9H2,1H3. The van der Waals surface area contributed by atoms with Crippen LogP contribution in [0.1, 0.15) is 47.5 Å². The van der Waals surface area contributed by atoms with E-state index in [-0.39, 0.29) is 5.91 Å². The third-order valence-electron chi connectivity index (χ3n) is 5.01. The smallest absolute Gasteiger partial charge is 0.274 e. The number of likely N-dealkylation sites (tertiary alicyclic amines) is 1. The first-order valence-corrected chi connectivity index (χ1v) is 8.86. The van der Waals surface area contributed by atoms with Crippen LogP contribution in [0.2, 0.25) is 0 Å². The lowest BCUT2D eigenvalue weighted by Gasteiger charge is -2.18. The van der Waals surface area contributed by atoms with Crippen LogP contribution in [0, 0.1) is 5.92 Å². The summed E-state index contributed by atoms with van der Waals surface area (Å²) in [5.74, 6) is 2.09. The Bertz CT molecular complexity index is 734. The molecule has 8 heteroatoms. The summed E-state index contributed by atoms with van der Waals surface area (Å²) in [6, 6.07) is 0. The predicted octanol–water partition coefficient (Wildman–Crippen LogP) is 1.40. The van der Waals surface area contributed by atoms with E-state index >= 15 is 0 Å². The molecule has 134 valence electrons. The molecule has 0 spiro atoms. The number of aryl methyl sites for hydroxylation is 1. The highest BCUT2D eigenvalue weighted by atomic mass is 16.5. The maximum Gasteiger partial charge on any atom is 0.274 e. The summed E-state index contributed by atoms with van der Waals surface area (Å²) < 4.78 is 13.0. The van der Waals surface area contributed by atoms with E-state index in [1.165, 1.54) is 0 Å². The van der Waals surface area contributed by atoms with Gasteiger partial charge in [-0.15, -0.1) is 10.2 Å². The zero-order valence-corrected chi connectivity index (χ0v) is 14.4. The van der Waals surface area contributed by atoms with Crippen molar-refractivity contribution < 1.29 is 13.9 Å². The van der Waals surface area contributed by atoms with Crippen LogP contribution in [-0.2, 0) is 18.2 Å². The number of carbonyl (C=O) groups excluding carboxylic acids is 1. The van der Waals surface area contributed by atoms with Crippen molar-refractivity contribution in [3.05, 3.63) is 30.0 Å². The molecule has 0 aliphatic carbocycles. The molecule has 2 fully saturated rings. The maximum absolute atomic E-state index is 12.5. The van der Waals surface area contributed by atoms with Crippen LogP contribution < -0.4 is 0 Å². The summed E-state index contributed by atoms with van der Waals surface area (Å²) in [6.45, 7) is 2.98. The van der Waals surface area contributed by atoms with Gasteiger partial charge in [0.05, 0.1) is 6.33 Å². The number of aromatic nitrogens is 4. The number of nitrogens with zero attached hydrogens (tertiary/aromatic N) is 5. The van der Waals surface area contributed by atoms with Crippen LogP contribution in [0.5, 0.6) is 0 Å². The maximum atomic E-state index is 12.5. The van der Waals surface area contributed by atoms with E-state index in [0.717, 1.165) is 51.3 Å². The fourth-order valence-corrected chi connectivity index (χ4v) is 3.57. The van der Waals surface area contributed by atoms with Gasteiger partial charge in [-0.05, 0) is 25.2 Å². The second-order valence-electron chi connectivity index (χ2n) is 6.96. The summed E-state index contributed by atoms with van der Waals surface area (Å²) in [6.07, 6.45) is 6.97. The summed E-state index contributed by atoms with van der Waals surface area (Å²) in [5, 5.41) is 8.43. The van der Waals surface area contributed by atoms with Gasteiger partial charge in [0.25, 0.3) is 5.91 Å². The van der Waals surface area contributed by atoms with Gasteiger partial charge in [0.2, 0.25) is 11.8 Å². The molecule has 0 saturated carbocycles. The molecule has 0 bridgehead atoms. The van der Waals surface area contributed by atoms with E-state index in [0.29, 0.717) is 30.0 Å². The topological polar surface area (TPSA) is 86.3 Å². The number of carbonyl (C=O) groups is 1. The molecule has 2 aliphatic rings. The van der Waals surface area contributed by atoms with Crippen LogP contribution in [-0.4, -0.2) is 56.9 Å². The van der Waals surface area contributed by atoms with E-state index in [2.05, 4.69) is 15.2 Å². The Kier molecular flexibility index (Phi) is 4.52. The lowest BCUT2D eigenvalue weighted by atomic mass is 10.0. The zero-order chi connectivity index (χ0) is 17.2. The van der Waals surface area contributed by atoms with E-state index in [9.17, 15) is 4.79 Å². The van der Waals surface area contributed by atoms with Gasteiger partial charge in [0.15, 0.2) is 0 Å². The Balaban J connectivity index is 1.33. The lowest BCUT2D eigenvalue weighted by Crippen LogP contribution is -2.29. The number of ether oxygens (including phenoxy) is 1. The number of hydrogen-bond donors (Lipinski definition) is 0. The van der Waals surface area contributed by atoms with E-state index in [1.54, 1.807) is 17.1 Å². The van der Waals surface area contributed by atoms with Crippen molar-refractivity contribution in [2.75, 3.05) is 26.3 Å². The average Bonchev–Trinajstić information content (AvgIpc) is 3.37. The highest BCUT2D eigenvalue weighted by molar-refractivity contribution is 5.92. The third-order valence-corrected chi connectivity index (χ3v) is 5.01. The molecule has 4 heterocycles. The summed E-state index contributed by atoms with van der Waals surface area (Å²) in [5.41, 5.74) is 0.503. The molecule has 8 nitrogen and oxygen atoms in total.